The summed E-state index contributed by atoms with van der Waals surface area (Å²) in [6.45, 7) is 1.89. The molecule has 19 heavy (non-hydrogen) atoms. The number of aromatic nitrogens is 2. The van der Waals surface area contributed by atoms with Gasteiger partial charge in [0.15, 0.2) is 0 Å². The van der Waals surface area contributed by atoms with Crippen LogP contribution in [0.1, 0.15) is 15.7 Å². The van der Waals surface area contributed by atoms with E-state index in [1.165, 1.54) is 22.7 Å². The SMILES string of the molecule is Cc1csc(C(=N[O-])c2nc3ccccc3s2)n1.[K+]. The molecule has 0 spiro atoms. The smallest absolute Gasteiger partial charge is 0.791 e. The maximum atomic E-state index is 11.0. The van der Waals surface area contributed by atoms with E-state index in [0.717, 1.165) is 15.9 Å². The van der Waals surface area contributed by atoms with Gasteiger partial charge in [0.1, 0.15) is 15.7 Å². The van der Waals surface area contributed by atoms with Gasteiger partial charge in [0.05, 0.1) is 10.2 Å². The Bertz CT molecular complexity index is 702. The van der Waals surface area contributed by atoms with E-state index in [2.05, 4.69) is 15.1 Å². The molecule has 2 aromatic heterocycles. The van der Waals surface area contributed by atoms with Crippen LogP contribution in [0.15, 0.2) is 34.8 Å². The van der Waals surface area contributed by atoms with Gasteiger partial charge in [-0.3, -0.25) is 0 Å². The molecule has 0 radical (unpaired) electrons. The molecule has 0 unspecified atom stereocenters. The molecule has 0 amide bonds. The third-order valence-electron chi connectivity index (χ3n) is 2.41. The maximum absolute atomic E-state index is 11.0. The molecule has 3 aromatic rings. The van der Waals surface area contributed by atoms with Crippen LogP contribution in [-0.4, -0.2) is 15.7 Å². The molecule has 0 bridgehead atoms. The zero-order valence-corrected chi connectivity index (χ0v) is 15.2. The average molecular weight is 313 g/mol. The summed E-state index contributed by atoms with van der Waals surface area (Å²) in [7, 11) is 0. The normalized spacial score (nSPS) is 11.5. The van der Waals surface area contributed by atoms with Gasteiger partial charge in [0.2, 0.25) is 0 Å². The molecule has 0 fully saturated rings. The second-order valence-electron chi connectivity index (χ2n) is 3.72. The summed E-state index contributed by atoms with van der Waals surface area (Å²) >= 11 is 2.87. The molecule has 0 saturated heterocycles. The zero-order valence-electron chi connectivity index (χ0n) is 10.5. The van der Waals surface area contributed by atoms with Crippen molar-refractivity contribution in [1.82, 2.24) is 9.97 Å². The van der Waals surface area contributed by atoms with Gasteiger partial charge in [-0.2, -0.15) is 0 Å². The largest absolute Gasteiger partial charge is 1.00 e. The van der Waals surface area contributed by atoms with Crippen molar-refractivity contribution in [1.29, 1.82) is 0 Å². The van der Waals surface area contributed by atoms with E-state index >= 15 is 0 Å². The van der Waals surface area contributed by atoms with E-state index in [0.29, 0.717) is 15.7 Å². The van der Waals surface area contributed by atoms with Gasteiger partial charge >= 0.3 is 51.4 Å². The summed E-state index contributed by atoms with van der Waals surface area (Å²) in [5.74, 6) is 0. The first-order valence-corrected chi connectivity index (χ1v) is 6.96. The van der Waals surface area contributed by atoms with Crippen molar-refractivity contribution in [2.24, 2.45) is 5.16 Å². The Morgan fingerprint density at radius 1 is 1.21 bits per heavy atom. The minimum absolute atomic E-state index is 0. The molecule has 1 aromatic carbocycles. The van der Waals surface area contributed by atoms with Crippen LogP contribution in [0.3, 0.4) is 0 Å². The Hall–Kier alpha value is -0.154. The monoisotopic (exact) mass is 313 g/mol. The number of thiazole rings is 2. The van der Waals surface area contributed by atoms with Crippen molar-refractivity contribution in [3.05, 3.63) is 50.6 Å². The van der Waals surface area contributed by atoms with Crippen LogP contribution < -0.4 is 51.4 Å². The first-order chi connectivity index (χ1) is 8.78. The van der Waals surface area contributed by atoms with E-state index in [1.54, 1.807) is 0 Å². The van der Waals surface area contributed by atoms with Gasteiger partial charge in [0, 0.05) is 11.1 Å². The van der Waals surface area contributed by atoms with Crippen molar-refractivity contribution >= 4 is 38.6 Å². The summed E-state index contributed by atoms with van der Waals surface area (Å²) in [4.78, 5) is 8.71. The van der Waals surface area contributed by atoms with Gasteiger partial charge in [-0.25, -0.2) is 9.97 Å². The van der Waals surface area contributed by atoms with Crippen LogP contribution in [0.2, 0.25) is 0 Å². The fourth-order valence-corrected chi connectivity index (χ4v) is 3.40. The summed E-state index contributed by atoms with van der Waals surface area (Å²) < 4.78 is 1.04. The zero-order chi connectivity index (χ0) is 12.5. The Morgan fingerprint density at radius 3 is 2.63 bits per heavy atom. The third kappa shape index (κ3) is 3.13. The summed E-state index contributed by atoms with van der Waals surface area (Å²) in [5.41, 5.74) is 2.10. The van der Waals surface area contributed by atoms with Crippen LogP contribution in [0.5, 0.6) is 0 Å². The minimum Gasteiger partial charge on any atom is -0.791 e. The van der Waals surface area contributed by atoms with Crippen LogP contribution in [-0.2, 0) is 0 Å². The van der Waals surface area contributed by atoms with Crippen LogP contribution in [0.25, 0.3) is 10.2 Å². The average Bonchev–Trinajstić information content (AvgIpc) is 2.96. The number of hydrogen-bond acceptors (Lipinski definition) is 6. The molecule has 90 valence electrons. The van der Waals surface area contributed by atoms with Crippen LogP contribution in [0, 0.1) is 12.1 Å². The Labute approximate surface area is 160 Å². The minimum atomic E-state index is 0. The molecule has 0 atom stereocenters. The van der Waals surface area contributed by atoms with Gasteiger partial charge < -0.3 is 10.4 Å². The van der Waals surface area contributed by atoms with E-state index in [-0.39, 0.29) is 51.4 Å². The predicted octanol–water partition coefficient (Wildman–Crippen LogP) is 0.400. The van der Waals surface area contributed by atoms with Crippen molar-refractivity contribution < 1.29 is 51.4 Å². The molecule has 0 aliphatic carbocycles. The number of aryl methyl sites for hydroxylation is 1. The van der Waals surface area contributed by atoms with E-state index in [9.17, 15) is 5.21 Å². The number of para-hydroxylation sites is 1. The van der Waals surface area contributed by atoms with Gasteiger partial charge in [-0.05, 0) is 19.1 Å². The Morgan fingerprint density at radius 2 is 2.00 bits per heavy atom. The molecular weight excluding hydrogens is 305 g/mol. The van der Waals surface area contributed by atoms with Crippen molar-refractivity contribution in [2.75, 3.05) is 0 Å². The van der Waals surface area contributed by atoms with Crippen molar-refractivity contribution in [2.45, 2.75) is 6.92 Å². The van der Waals surface area contributed by atoms with Crippen molar-refractivity contribution in [3.8, 4) is 0 Å². The molecule has 4 nitrogen and oxygen atoms in total. The quantitative estimate of drug-likeness (QED) is 0.391. The van der Waals surface area contributed by atoms with Crippen LogP contribution in [0.4, 0.5) is 0 Å². The van der Waals surface area contributed by atoms with Gasteiger partial charge in [-0.1, -0.05) is 12.1 Å². The Balaban J connectivity index is 0.00000133. The van der Waals surface area contributed by atoms with Crippen molar-refractivity contribution in [3.63, 3.8) is 0 Å². The summed E-state index contributed by atoms with van der Waals surface area (Å²) in [6.07, 6.45) is 0. The molecule has 2 heterocycles. The first-order valence-electron chi connectivity index (χ1n) is 5.26. The first kappa shape index (κ1) is 15.2. The summed E-state index contributed by atoms with van der Waals surface area (Å²) in [6, 6.07) is 7.77. The van der Waals surface area contributed by atoms with Gasteiger partial charge in [0.25, 0.3) is 0 Å². The number of benzene rings is 1. The second kappa shape index (κ2) is 6.53. The molecule has 7 heteroatoms. The molecule has 0 aliphatic heterocycles. The van der Waals surface area contributed by atoms with Gasteiger partial charge in [-0.15, -0.1) is 22.7 Å². The predicted molar refractivity (Wildman–Crippen MR) is 75.5 cm³/mol. The second-order valence-corrected chi connectivity index (χ2v) is 5.61. The van der Waals surface area contributed by atoms with E-state index < -0.39 is 0 Å². The molecule has 0 saturated carbocycles. The van der Waals surface area contributed by atoms with Crippen LogP contribution >= 0.6 is 22.7 Å². The topological polar surface area (TPSA) is 61.2 Å². The third-order valence-corrected chi connectivity index (χ3v) is 4.42. The molecule has 3 rings (SSSR count). The number of fused-ring (bicyclic) bond motifs is 1. The number of nitrogens with zero attached hydrogens (tertiary/aromatic N) is 3. The summed E-state index contributed by atoms with van der Waals surface area (Å²) in [5, 5.41) is 17.3. The number of rotatable bonds is 2. The maximum Gasteiger partial charge on any atom is 1.00 e. The molecular formula is C12H8KN3OS2. The molecule has 0 aliphatic rings. The Kier molecular flexibility index (Phi) is 5.24. The number of hydrogen-bond donors (Lipinski definition) is 0. The molecule has 0 N–H and O–H groups in total. The van der Waals surface area contributed by atoms with E-state index in [1.807, 2.05) is 36.6 Å². The fourth-order valence-electron chi connectivity index (χ4n) is 1.61. The standard InChI is InChI=1S/C12H9N3OS2.K/c1-7-6-17-11(13-7)10(15-16)12-14-8-4-2-3-5-9(8)18-12;/h2-6,16H,1H3;/q;+1/p-1. The van der Waals surface area contributed by atoms with E-state index in [4.69, 9.17) is 0 Å². The fraction of sp³-hybridized carbons (Fsp3) is 0.0833.